The van der Waals surface area contributed by atoms with E-state index in [4.69, 9.17) is 4.74 Å². The van der Waals surface area contributed by atoms with Gasteiger partial charge in [0, 0.05) is 6.42 Å². The van der Waals surface area contributed by atoms with E-state index in [0.29, 0.717) is 6.42 Å². The molecule has 0 radical (unpaired) electrons. The minimum Gasteiger partial charge on any atom is -0.451 e. The number of carbonyl (C=O) groups excluding carboxylic acids is 1. The number of hydrogen-bond acceptors (Lipinski definition) is 2. The van der Waals surface area contributed by atoms with Crippen molar-refractivity contribution in [2.75, 3.05) is 0 Å². The molecule has 3 heteroatoms. The summed E-state index contributed by atoms with van der Waals surface area (Å²) < 4.78 is 4.92. The molecule has 2 nitrogen and oxygen atoms in total. The van der Waals surface area contributed by atoms with Gasteiger partial charge in [0.05, 0.1) is 0 Å². The molecule has 0 aromatic rings. The van der Waals surface area contributed by atoms with Crippen LogP contribution >= 0.6 is 15.9 Å². The summed E-state index contributed by atoms with van der Waals surface area (Å²) in [5.41, 5.74) is 0. The molecule has 0 aliphatic carbocycles. The van der Waals surface area contributed by atoms with Crippen molar-refractivity contribution >= 4 is 21.9 Å². The Morgan fingerprint density at radius 2 is 2.20 bits per heavy atom. The van der Waals surface area contributed by atoms with Crippen LogP contribution in [0.25, 0.3) is 0 Å². The van der Waals surface area contributed by atoms with E-state index in [9.17, 15) is 4.79 Å². The Morgan fingerprint density at radius 1 is 1.60 bits per heavy atom. The van der Waals surface area contributed by atoms with Crippen LogP contribution in [0, 0.1) is 0 Å². The molecule has 0 N–H and O–H groups in total. The van der Waals surface area contributed by atoms with E-state index in [1.165, 1.54) is 0 Å². The van der Waals surface area contributed by atoms with Crippen molar-refractivity contribution in [1.82, 2.24) is 0 Å². The standard InChI is InChI=1S/C7H13BrO2/c1-3-5-7(9)10-6(8)4-2/h6H,3-5H2,1-2H3/t6-/m0/s1. The fourth-order valence-electron chi connectivity index (χ4n) is 0.489. The lowest BCUT2D eigenvalue weighted by Gasteiger charge is -2.07. The van der Waals surface area contributed by atoms with E-state index in [1.54, 1.807) is 0 Å². The first-order valence-corrected chi connectivity index (χ1v) is 4.45. The summed E-state index contributed by atoms with van der Waals surface area (Å²) in [6, 6.07) is 0. The average molecular weight is 209 g/mol. The summed E-state index contributed by atoms with van der Waals surface area (Å²) >= 11 is 3.20. The fraction of sp³-hybridized carbons (Fsp3) is 0.857. The van der Waals surface area contributed by atoms with Gasteiger partial charge in [-0.1, -0.05) is 13.8 Å². The second-order valence-corrected chi connectivity index (χ2v) is 3.08. The summed E-state index contributed by atoms with van der Waals surface area (Å²) in [5, 5.41) is -0.105. The highest BCUT2D eigenvalue weighted by molar-refractivity contribution is 9.09. The fourth-order valence-corrected chi connectivity index (χ4v) is 0.697. The number of esters is 1. The van der Waals surface area contributed by atoms with Crippen LogP contribution in [0.1, 0.15) is 33.1 Å². The van der Waals surface area contributed by atoms with Gasteiger partial charge in [-0.25, -0.2) is 0 Å². The van der Waals surface area contributed by atoms with E-state index in [2.05, 4.69) is 15.9 Å². The predicted octanol–water partition coefficient (Wildman–Crippen LogP) is 2.46. The Morgan fingerprint density at radius 3 is 2.60 bits per heavy atom. The quantitative estimate of drug-likeness (QED) is 0.525. The Kier molecular flexibility index (Phi) is 5.69. The van der Waals surface area contributed by atoms with Crippen molar-refractivity contribution in [3.05, 3.63) is 0 Å². The maximum Gasteiger partial charge on any atom is 0.306 e. The molecule has 0 aromatic heterocycles. The molecule has 0 unspecified atom stereocenters. The van der Waals surface area contributed by atoms with Crippen LogP contribution < -0.4 is 0 Å². The van der Waals surface area contributed by atoms with Crippen molar-refractivity contribution in [2.24, 2.45) is 0 Å². The highest BCUT2D eigenvalue weighted by Gasteiger charge is 2.06. The van der Waals surface area contributed by atoms with Crippen molar-refractivity contribution in [3.63, 3.8) is 0 Å². The highest BCUT2D eigenvalue weighted by atomic mass is 79.9. The molecule has 0 heterocycles. The van der Waals surface area contributed by atoms with Crippen molar-refractivity contribution < 1.29 is 9.53 Å². The van der Waals surface area contributed by atoms with Gasteiger partial charge in [0.15, 0.2) is 5.01 Å². The molecule has 0 saturated carbocycles. The van der Waals surface area contributed by atoms with Gasteiger partial charge < -0.3 is 4.74 Å². The van der Waals surface area contributed by atoms with E-state index < -0.39 is 0 Å². The Balaban J connectivity index is 3.37. The van der Waals surface area contributed by atoms with Crippen LogP contribution in [-0.2, 0) is 9.53 Å². The zero-order valence-electron chi connectivity index (χ0n) is 6.39. The highest BCUT2D eigenvalue weighted by Crippen LogP contribution is 2.07. The van der Waals surface area contributed by atoms with Gasteiger partial charge in [-0.2, -0.15) is 0 Å². The van der Waals surface area contributed by atoms with Crippen LogP contribution in [0.4, 0.5) is 0 Å². The first kappa shape index (κ1) is 9.95. The Bertz CT molecular complexity index is 104. The molecule has 0 saturated heterocycles. The Labute approximate surface area is 70.1 Å². The molecular weight excluding hydrogens is 196 g/mol. The van der Waals surface area contributed by atoms with E-state index in [1.807, 2.05) is 13.8 Å². The zero-order valence-corrected chi connectivity index (χ0v) is 7.98. The number of rotatable bonds is 4. The van der Waals surface area contributed by atoms with Gasteiger partial charge in [-0.15, -0.1) is 0 Å². The molecular formula is C7H13BrO2. The van der Waals surface area contributed by atoms with E-state index in [-0.39, 0.29) is 11.0 Å². The van der Waals surface area contributed by atoms with Crippen LogP contribution in [0.3, 0.4) is 0 Å². The van der Waals surface area contributed by atoms with Crippen LogP contribution in [0.2, 0.25) is 0 Å². The van der Waals surface area contributed by atoms with Crippen LogP contribution in [0.5, 0.6) is 0 Å². The topological polar surface area (TPSA) is 26.3 Å². The monoisotopic (exact) mass is 208 g/mol. The Hall–Kier alpha value is -0.0500. The van der Waals surface area contributed by atoms with Gasteiger partial charge in [0.1, 0.15) is 0 Å². The largest absolute Gasteiger partial charge is 0.451 e. The third-order valence-corrected chi connectivity index (χ3v) is 1.87. The van der Waals surface area contributed by atoms with Crippen molar-refractivity contribution in [1.29, 1.82) is 0 Å². The predicted molar refractivity (Wildman–Crippen MR) is 44.0 cm³/mol. The third-order valence-electron chi connectivity index (χ3n) is 1.03. The number of carbonyl (C=O) groups is 1. The summed E-state index contributed by atoms with van der Waals surface area (Å²) in [6.45, 7) is 3.91. The molecule has 0 aliphatic heterocycles. The lowest BCUT2D eigenvalue weighted by atomic mass is 10.3. The molecule has 0 amide bonds. The maximum atomic E-state index is 10.8. The van der Waals surface area contributed by atoms with E-state index >= 15 is 0 Å². The van der Waals surface area contributed by atoms with Crippen LogP contribution in [-0.4, -0.2) is 11.0 Å². The first-order chi connectivity index (χ1) is 4.70. The maximum absolute atomic E-state index is 10.8. The molecule has 0 aliphatic rings. The first-order valence-electron chi connectivity index (χ1n) is 3.54. The van der Waals surface area contributed by atoms with Gasteiger partial charge in [-0.3, -0.25) is 4.79 Å². The number of ether oxygens (including phenoxy) is 1. The normalized spacial score (nSPS) is 12.7. The summed E-state index contributed by atoms with van der Waals surface area (Å²) in [6.07, 6.45) is 2.18. The molecule has 10 heavy (non-hydrogen) atoms. The third kappa shape index (κ3) is 4.79. The SMILES string of the molecule is CCCC(=O)O[C@H](Br)CC. The van der Waals surface area contributed by atoms with Crippen molar-refractivity contribution in [3.8, 4) is 0 Å². The van der Waals surface area contributed by atoms with Crippen molar-refractivity contribution in [2.45, 2.75) is 38.1 Å². The summed E-state index contributed by atoms with van der Waals surface area (Å²) in [7, 11) is 0. The lowest BCUT2D eigenvalue weighted by Crippen LogP contribution is -2.10. The second-order valence-electron chi connectivity index (χ2n) is 2.06. The van der Waals surface area contributed by atoms with Gasteiger partial charge >= 0.3 is 5.97 Å². The molecule has 1 atom stereocenters. The molecule has 0 spiro atoms. The second kappa shape index (κ2) is 5.71. The van der Waals surface area contributed by atoms with Gasteiger partial charge in [0.2, 0.25) is 0 Å². The molecule has 0 rings (SSSR count). The van der Waals surface area contributed by atoms with Gasteiger partial charge in [0.25, 0.3) is 0 Å². The number of halogens is 1. The summed E-state index contributed by atoms with van der Waals surface area (Å²) in [4.78, 5) is 10.8. The number of hydrogen-bond donors (Lipinski definition) is 0. The minimum atomic E-state index is -0.119. The van der Waals surface area contributed by atoms with Gasteiger partial charge in [-0.05, 0) is 28.8 Å². The molecule has 0 aromatic carbocycles. The molecule has 60 valence electrons. The van der Waals surface area contributed by atoms with E-state index in [0.717, 1.165) is 12.8 Å². The summed E-state index contributed by atoms with van der Waals surface area (Å²) in [5.74, 6) is -0.119. The minimum absolute atomic E-state index is 0.105. The lowest BCUT2D eigenvalue weighted by molar-refractivity contribution is -0.144. The molecule has 0 bridgehead atoms. The smallest absolute Gasteiger partial charge is 0.306 e. The zero-order chi connectivity index (χ0) is 7.98. The number of alkyl halides is 1. The molecule has 0 fully saturated rings. The average Bonchev–Trinajstić information content (AvgIpc) is 1.88. The van der Waals surface area contributed by atoms with Crippen LogP contribution in [0.15, 0.2) is 0 Å².